The second-order valence-corrected chi connectivity index (χ2v) is 8.35. The molecule has 2 aromatic heterocycles. The van der Waals surface area contributed by atoms with E-state index in [2.05, 4.69) is 15.4 Å². The first kappa shape index (κ1) is 18.9. The number of anilines is 1. The molecule has 0 fully saturated rings. The number of thioether (sulfide) groups is 1. The second-order valence-electron chi connectivity index (χ2n) is 6.92. The van der Waals surface area contributed by atoms with Crippen molar-refractivity contribution in [2.24, 2.45) is 0 Å². The summed E-state index contributed by atoms with van der Waals surface area (Å²) in [4.78, 5) is 30.4. The number of halogens is 1. The molecule has 0 radical (unpaired) electrons. The van der Waals surface area contributed by atoms with Crippen molar-refractivity contribution in [3.63, 3.8) is 0 Å². The van der Waals surface area contributed by atoms with Crippen LogP contribution in [0.15, 0.2) is 70.7 Å². The highest BCUT2D eigenvalue weighted by molar-refractivity contribution is 7.99. The smallest absolute Gasteiger partial charge is 0.265 e. The minimum Gasteiger partial charge on any atom is -0.326 e. The maximum atomic E-state index is 13.2. The molecule has 0 aliphatic carbocycles. The molecule has 150 valence electrons. The molecule has 1 aliphatic rings. The van der Waals surface area contributed by atoms with Crippen LogP contribution >= 0.6 is 23.4 Å². The summed E-state index contributed by atoms with van der Waals surface area (Å²) in [7, 11) is 0. The van der Waals surface area contributed by atoms with Crippen LogP contribution in [0.4, 0.5) is 5.69 Å². The fourth-order valence-corrected chi connectivity index (χ4v) is 4.75. The van der Waals surface area contributed by atoms with Crippen LogP contribution in [0.5, 0.6) is 0 Å². The fourth-order valence-electron chi connectivity index (χ4n) is 3.50. The normalized spacial score (nSPS) is 15.3. The number of para-hydroxylation sites is 1. The number of nitrogens with one attached hydrogen (secondary N) is 1. The highest BCUT2D eigenvalue weighted by atomic mass is 35.5. The quantitative estimate of drug-likeness (QED) is 0.489. The van der Waals surface area contributed by atoms with E-state index in [1.54, 1.807) is 39.7 Å². The van der Waals surface area contributed by atoms with Gasteiger partial charge in [-0.25, -0.2) is 9.67 Å². The van der Waals surface area contributed by atoms with E-state index in [-0.39, 0.29) is 23.9 Å². The maximum Gasteiger partial charge on any atom is 0.265 e. The van der Waals surface area contributed by atoms with E-state index < -0.39 is 0 Å². The number of hydrogen-bond acceptors (Lipinski definition) is 5. The Morgan fingerprint density at radius 1 is 1.17 bits per heavy atom. The van der Waals surface area contributed by atoms with Gasteiger partial charge in [-0.3, -0.25) is 14.2 Å². The first-order valence-corrected chi connectivity index (χ1v) is 10.7. The van der Waals surface area contributed by atoms with Gasteiger partial charge >= 0.3 is 0 Å². The number of carbonyl (C=O) groups is 1. The summed E-state index contributed by atoms with van der Waals surface area (Å²) in [6.07, 6.45) is 1.72. The van der Waals surface area contributed by atoms with Crippen molar-refractivity contribution in [2.45, 2.75) is 17.6 Å². The fraction of sp³-hybridized carbons (Fsp3) is 0.143. The standard InChI is InChI=1S/C21H16ClN5O2S/c22-13-6-8-14(9-7-13)24-18(28)10-16-12-30-21-25-19-17(20(29)26(16)21)11-23-27(19)15-4-2-1-3-5-15/h1-9,11,16H,10,12H2,(H,24,28)/t16-/m1/s1. The van der Waals surface area contributed by atoms with Crippen LogP contribution in [-0.4, -0.2) is 31.0 Å². The lowest BCUT2D eigenvalue weighted by Gasteiger charge is -2.13. The van der Waals surface area contributed by atoms with Crippen molar-refractivity contribution in [1.82, 2.24) is 19.3 Å². The molecular weight excluding hydrogens is 422 g/mol. The Kier molecular flexibility index (Phi) is 4.80. The van der Waals surface area contributed by atoms with Crippen molar-refractivity contribution in [3.05, 3.63) is 76.2 Å². The van der Waals surface area contributed by atoms with Gasteiger partial charge in [-0.15, -0.1) is 0 Å². The highest BCUT2D eigenvalue weighted by Crippen LogP contribution is 2.33. The van der Waals surface area contributed by atoms with Gasteiger partial charge in [-0.1, -0.05) is 41.6 Å². The molecule has 2 aromatic carbocycles. The summed E-state index contributed by atoms with van der Waals surface area (Å²) in [6, 6.07) is 16.2. The van der Waals surface area contributed by atoms with Gasteiger partial charge in [0.2, 0.25) is 5.91 Å². The van der Waals surface area contributed by atoms with Gasteiger partial charge in [0.15, 0.2) is 10.8 Å². The van der Waals surface area contributed by atoms with E-state index in [0.717, 1.165) is 5.69 Å². The molecule has 3 heterocycles. The molecule has 0 saturated carbocycles. The summed E-state index contributed by atoms with van der Waals surface area (Å²) in [5.41, 5.74) is 1.86. The van der Waals surface area contributed by atoms with Gasteiger partial charge in [-0.05, 0) is 36.4 Å². The lowest BCUT2D eigenvalue weighted by molar-refractivity contribution is -0.116. The number of hydrogen-bond donors (Lipinski definition) is 1. The van der Waals surface area contributed by atoms with E-state index in [9.17, 15) is 9.59 Å². The summed E-state index contributed by atoms with van der Waals surface area (Å²) in [6.45, 7) is 0. The monoisotopic (exact) mass is 437 g/mol. The lowest BCUT2D eigenvalue weighted by atomic mass is 10.2. The van der Waals surface area contributed by atoms with Gasteiger partial charge in [0, 0.05) is 22.9 Å². The number of carbonyl (C=O) groups excluding carboxylic acids is 1. The third-order valence-corrected chi connectivity index (χ3v) is 6.27. The molecule has 0 saturated heterocycles. The summed E-state index contributed by atoms with van der Waals surface area (Å²) < 4.78 is 3.28. The van der Waals surface area contributed by atoms with Crippen molar-refractivity contribution in [1.29, 1.82) is 0 Å². The lowest BCUT2D eigenvalue weighted by Crippen LogP contribution is -2.27. The predicted molar refractivity (Wildman–Crippen MR) is 118 cm³/mol. The van der Waals surface area contributed by atoms with Gasteiger partial charge in [0.25, 0.3) is 5.56 Å². The second kappa shape index (κ2) is 7.62. The first-order valence-electron chi connectivity index (χ1n) is 9.34. The van der Waals surface area contributed by atoms with Gasteiger partial charge in [0.05, 0.1) is 17.9 Å². The SMILES string of the molecule is O=C(C[C@@H]1CSc2nc3c(cnn3-c3ccccc3)c(=O)n21)Nc1ccc(Cl)cc1. The largest absolute Gasteiger partial charge is 0.326 e. The Bertz CT molecular complexity index is 1300. The van der Waals surface area contributed by atoms with Gasteiger partial charge < -0.3 is 5.32 Å². The van der Waals surface area contributed by atoms with Crippen LogP contribution in [0, 0.1) is 0 Å². The molecule has 0 bridgehead atoms. The third-order valence-electron chi connectivity index (χ3n) is 4.92. The van der Waals surface area contributed by atoms with Crippen LogP contribution in [0.1, 0.15) is 12.5 Å². The summed E-state index contributed by atoms with van der Waals surface area (Å²) in [5.74, 6) is 0.449. The van der Waals surface area contributed by atoms with Crippen molar-refractivity contribution >= 4 is 46.0 Å². The number of fused-ring (bicyclic) bond motifs is 2. The van der Waals surface area contributed by atoms with Crippen LogP contribution in [0.3, 0.4) is 0 Å². The Balaban J connectivity index is 1.44. The molecular formula is C21H16ClN5O2S. The maximum absolute atomic E-state index is 13.2. The average Bonchev–Trinajstić information content (AvgIpc) is 3.35. The number of aromatic nitrogens is 4. The van der Waals surface area contributed by atoms with Crippen LogP contribution < -0.4 is 10.9 Å². The molecule has 4 aromatic rings. The number of nitrogens with zero attached hydrogens (tertiary/aromatic N) is 4. The minimum absolute atomic E-state index is 0.164. The summed E-state index contributed by atoms with van der Waals surface area (Å²) in [5, 5.41) is 8.86. The van der Waals surface area contributed by atoms with E-state index in [1.165, 1.54) is 11.8 Å². The molecule has 0 spiro atoms. The topological polar surface area (TPSA) is 81.8 Å². The van der Waals surface area contributed by atoms with Crippen molar-refractivity contribution < 1.29 is 4.79 Å². The van der Waals surface area contributed by atoms with Crippen LogP contribution in [-0.2, 0) is 4.79 Å². The Hall–Kier alpha value is -3.10. The zero-order valence-corrected chi connectivity index (χ0v) is 17.2. The summed E-state index contributed by atoms with van der Waals surface area (Å²) >= 11 is 7.36. The molecule has 30 heavy (non-hydrogen) atoms. The van der Waals surface area contributed by atoms with Gasteiger partial charge in [0.1, 0.15) is 5.39 Å². The van der Waals surface area contributed by atoms with E-state index >= 15 is 0 Å². The van der Waals surface area contributed by atoms with Gasteiger partial charge in [-0.2, -0.15) is 5.10 Å². The van der Waals surface area contributed by atoms with Crippen molar-refractivity contribution in [3.8, 4) is 5.69 Å². The van der Waals surface area contributed by atoms with Crippen LogP contribution in [0.2, 0.25) is 5.02 Å². The molecule has 0 unspecified atom stereocenters. The number of amides is 1. The molecule has 7 nitrogen and oxygen atoms in total. The molecule has 1 N–H and O–H groups in total. The Labute approximate surface area is 180 Å². The predicted octanol–water partition coefficient (Wildman–Crippen LogP) is 3.91. The molecule has 5 rings (SSSR count). The average molecular weight is 438 g/mol. The number of rotatable bonds is 4. The van der Waals surface area contributed by atoms with E-state index in [4.69, 9.17) is 11.6 Å². The zero-order chi connectivity index (χ0) is 20.7. The molecule has 1 aliphatic heterocycles. The van der Waals surface area contributed by atoms with E-state index in [1.807, 2.05) is 30.3 Å². The van der Waals surface area contributed by atoms with E-state index in [0.29, 0.717) is 32.7 Å². The Morgan fingerprint density at radius 2 is 1.93 bits per heavy atom. The molecule has 1 amide bonds. The molecule has 9 heteroatoms. The van der Waals surface area contributed by atoms with Crippen molar-refractivity contribution in [2.75, 3.05) is 11.1 Å². The minimum atomic E-state index is -0.262. The zero-order valence-electron chi connectivity index (χ0n) is 15.7. The molecule has 1 atom stereocenters. The number of benzene rings is 2. The first-order chi connectivity index (χ1) is 14.6. The van der Waals surface area contributed by atoms with Crippen LogP contribution in [0.25, 0.3) is 16.7 Å². The third kappa shape index (κ3) is 3.38. The Morgan fingerprint density at radius 3 is 2.70 bits per heavy atom. The highest BCUT2D eigenvalue weighted by Gasteiger charge is 2.29.